The van der Waals surface area contributed by atoms with Crippen LogP contribution in [0.5, 0.6) is 0 Å². The minimum absolute atomic E-state index is 0.0871. The number of pyridine rings is 1. The number of aromatic nitrogens is 3. The van der Waals surface area contributed by atoms with Crippen LogP contribution in [0.1, 0.15) is 35.1 Å². The summed E-state index contributed by atoms with van der Waals surface area (Å²) in [5, 5.41) is 5.91. The average molecular weight is 414 g/mol. The highest BCUT2D eigenvalue weighted by Crippen LogP contribution is 2.33. The lowest BCUT2D eigenvalue weighted by Gasteiger charge is -2.24. The van der Waals surface area contributed by atoms with Crippen molar-refractivity contribution in [2.45, 2.75) is 32.7 Å². The van der Waals surface area contributed by atoms with Crippen LogP contribution in [0.2, 0.25) is 0 Å². The lowest BCUT2D eigenvalue weighted by molar-refractivity contribution is -0.143. The predicted octanol–water partition coefficient (Wildman–Crippen LogP) is 3.58. The summed E-state index contributed by atoms with van der Waals surface area (Å²) >= 11 is 2.87. The second-order valence-corrected chi connectivity index (χ2v) is 8.64. The van der Waals surface area contributed by atoms with Gasteiger partial charge >= 0.3 is 11.8 Å². The molecule has 9 heteroatoms. The quantitative estimate of drug-likeness (QED) is 0.663. The monoisotopic (exact) mass is 413 g/mol. The van der Waals surface area contributed by atoms with Gasteiger partial charge in [-0.05, 0) is 44.4 Å². The number of rotatable bonds is 3. The van der Waals surface area contributed by atoms with E-state index in [0.717, 1.165) is 39.7 Å². The molecule has 0 bridgehead atoms. The molecule has 1 saturated heterocycles. The maximum absolute atomic E-state index is 12.7. The molecule has 28 heavy (non-hydrogen) atoms. The smallest absolute Gasteiger partial charge is 0.315 e. The van der Waals surface area contributed by atoms with Gasteiger partial charge in [-0.15, -0.1) is 22.7 Å². The first-order valence-corrected chi connectivity index (χ1v) is 10.6. The Balaban J connectivity index is 1.46. The predicted molar refractivity (Wildman–Crippen MR) is 109 cm³/mol. The average Bonchev–Trinajstić information content (AvgIpc) is 3.41. The van der Waals surface area contributed by atoms with Crippen molar-refractivity contribution in [2.75, 3.05) is 11.9 Å². The summed E-state index contributed by atoms with van der Waals surface area (Å²) < 4.78 is 0. The van der Waals surface area contributed by atoms with E-state index < -0.39 is 11.8 Å². The van der Waals surface area contributed by atoms with Crippen LogP contribution in [-0.4, -0.2) is 38.2 Å². The zero-order valence-corrected chi connectivity index (χ0v) is 17.1. The van der Waals surface area contributed by atoms with E-state index in [2.05, 4.69) is 20.3 Å². The molecular formula is C19H19N5O2S2. The number of carbonyl (C=O) groups excluding carboxylic acids is 2. The van der Waals surface area contributed by atoms with Crippen molar-refractivity contribution < 1.29 is 9.59 Å². The Labute approximate surface area is 170 Å². The first kappa shape index (κ1) is 18.7. The van der Waals surface area contributed by atoms with Gasteiger partial charge in [-0.3, -0.25) is 19.9 Å². The lowest BCUT2D eigenvalue weighted by atomic mass is 10.1. The van der Waals surface area contributed by atoms with Crippen LogP contribution in [0.15, 0.2) is 29.9 Å². The normalized spacial score (nSPS) is 16.4. The van der Waals surface area contributed by atoms with Crippen molar-refractivity contribution in [3.8, 4) is 10.6 Å². The van der Waals surface area contributed by atoms with Gasteiger partial charge in [0.25, 0.3) is 0 Å². The highest BCUT2D eigenvalue weighted by Gasteiger charge is 2.33. The molecule has 0 spiro atoms. The van der Waals surface area contributed by atoms with Gasteiger partial charge in [-0.1, -0.05) is 0 Å². The molecule has 3 aromatic heterocycles. The van der Waals surface area contributed by atoms with E-state index in [4.69, 9.17) is 0 Å². The number of anilines is 1. The van der Waals surface area contributed by atoms with Crippen molar-refractivity contribution in [3.05, 3.63) is 46.2 Å². The fraction of sp³-hybridized carbons (Fsp3) is 0.316. The second kappa shape index (κ2) is 7.76. The van der Waals surface area contributed by atoms with E-state index in [1.807, 2.05) is 31.4 Å². The molecule has 1 aliphatic rings. The van der Waals surface area contributed by atoms with E-state index >= 15 is 0 Å². The molecule has 1 atom stereocenters. The molecule has 2 amide bonds. The van der Waals surface area contributed by atoms with E-state index in [1.54, 1.807) is 28.6 Å². The van der Waals surface area contributed by atoms with E-state index in [0.29, 0.717) is 11.7 Å². The van der Waals surface area contributed by atoms with Gasteiger partial charge in [0.2, 0.25) is 0 Å². The number of aryl methyl sites for hydroxylation is 2. The Hall–Kier alpha value is -2.65. The summed E-state index contributed by atoms with van der Waals surface area (Å²) in [5.41, 5.74) is 2.69. The number of thiazole rings is 2. The van der Waals surface area contributed by atoms with Gasteiger partial charge in [0, 0.05) is 24.3 Å². The van der Waals surface area contributed by atoms with Crippen molar-refractivity contribution in [1.29, 1.82) is 0 Å². The van der Waals surface area contributed by atoms with Gasteiger partial charge in [0.1, 0.15) is 0 Å². The van der Waals surface area contributed by atoms with Gasteiger partial charge in [0.15, 0.2) is 5.13 Å². The molecule has 4 rings (SSSR count). The number of likely N-dealkylation sites (tertiary alicyclic amines) is 1. The highest BCUT2D eigenvalue weighted by molar-refractivity contribution is 7.17. The maximum Gasteiger partial charge on any atom is 0.315 e. The molecule has 144 valence electrons. The fourth-order valence-electron chi connectivity index (χ4n) is 3.43. The SMILES string of the molecule is Cc1nc(C)c(-c2csc(NC(=O)C(=O)N3CCC[C@@H]3c3ccncc3)n2)s1. The number of amides is 2. The van der Waals surface area contributed by atoms with E-state index in [9.17, 15) is 9.59 Å². The summed E-state index contributed by atoms with van der Waals surface area (Å²) in [6.07, 6.45) is 5.12. The Morgan fingerprint density at radius 3 is 2.71 bits per heavy atom. The van der Waals surface area contributed by atoms with Crippen LogP contribution in [0.3, 0.4) is 0 Å². The molecule has 3 aromatic rings. The minimum Gasteiger partial charge on any atom is -0.327 e. The Morgan fingerprint density at radius 2 is 2.00 bits per heavy atom. The van der Waals surface area contributed by atoms with E-state index in [-0.39, 0.29) is 6.04 Å². The second-order valence-electron chi connectivity index (χ2n) is 6.58. The van der Waals surface area contributed by atoms with Crippen molar-refractivity contribution in [3.63, 3.8) is 0 Å². The van der Waals surface area contributed by atoms with Crippen LogP contribution in [-0.2, 0) is 9.59 Å². The molecule has 0 unspecified atom stereocenters. The van der Waals surface area contributed by atoms with Gasteiger partial charge in [-0.2, -0.15) is 0 Å². The molecule has 0 saturated carbocycles. The largest absolute Gasteiger partial charge is 0.327 e. The van der Waals surface area contributed by atoms with Crippen molar-refractivity contribution >= 4 is 39.6 Å². The zero-order valence-electron chi connectivity index (χ0n) is 15.5. The molecule has 0 radical (unpaired) electrons. The summed E-state index contributed by atoms with van der Waals surface area (Å²) in [4.78, 5) is 40.8. The molecule has 0 aliphatic carbocycles. The Bertz CT molecular complexity index is 1010. The minimum atomic E-state index is -0.654. The number of carbonyl (C=O) groups is 2. The topological polar surface area (TPSA) is 88.1 Å². The number of hydrogen-bond acceptors (Lipinski definition) is 7. The summed E-state index contributed by atoms with van der Waals surface area (Å²) in [7, 11) is 0. The molecular weight excluding hydrogens is 394 g/mol. The lowest BCUT2D eigenvalue weighted by Crippen LogP contribution is -2.39. The first-order valence-electron chi connectivity index (χ1n) is 8.94. The van der Waals surface area contributed by atoms with Crippen molar-refractivity contribution in [1.82, 2.24) is 19.9 Å². The molecule has 0 aromatic carbocycles. The molecule has 4 heterocycles. The van der Waals surface area contributed by atoms with Crippen LogP contribution >= 0.6 is 22.7 Å². The Kier molecular flexibility index (Phi) is 5.19. The summed E-state index contributed by atoms with van der Waals surface area (Å²) in [6.45, 7) is 4.46. The van der Waals surface area contributed by atoms with Crippen LogP contribution in [0, 0.1) is 13.8 Å². The van der Waals surface area contributed by atoms with Gasteiger partial charge in [0.05, 0.1) is 27.3 Å². The third kappa shape index (κ3) is 3.67. The fourth-order valence-corrected chi connectivity index (χ4v) is 5.08. The third-order valence-electron chi connectivity index (χ3n) is 4.66. The van der Waals surface area contributed by atoms with Crippen LogP contribution in [0.4, 0.5) is 5.13 Å². The molecule has 7 nitrogen and oxygen atoms in total. The number of hydrogen-bond donors (Lipinski definition) is 1. The van der Waals surface area contributed by atoms with Gasteiger partial charge < -0.3 is 4.90 Å². The zero-order chi connectivity index (χ0) is 19.7. The highest BCUT2D eigenvalue weighted by atomic mass is 32.1. The van der Waals surface area contributed by atoms with Gasteiger partial charge in [-0.25, -0.2) is 9.97 Å². The Morgan fingerprint density at radius 1 is 1.21 bits per heavy atom. The standard InChI is InChI=1S/C19H19N5O2S2/c1-11-16(28-12(2)21-11)14-10-27-19(22-14)23-17(25)18(26)24-9-3-4-15(24)13-5-7-20-8-6-13/h5-8,10,15H,3-4,9H2,1-2H3,(H,22,23,25)/t15-/m1/s1. The number of nitrogens with one attached hydrogen (secondary N) is 1. The summed E-state index contributed by atoms with van der Waals surface area (Å²) in [6, 6.07) is 3.69. The van der Waals surface area contributed by atoms with Crippen molar-refractivity contribution in [2.24, 2.45) is 0 Å². The maximum atomic E-state index is 12.7. The third-order valence-corrected chi connectivity index (χ3v) is 6.51. The first-order chi connectivity index (χ1) is 13.5. The number of nitrogens with zero attached hydrogens (tertiary/aromatic N) is 4. The summed E-state index contributed by atoms with van der Waals surface area (Å²) in [5.74, 6) is -1.18. The molecule has 1 aliphatic heterocycles. The molecule has 1 N–H and O–H groups in total. The van der Waals surface area contributed by atoms with Crippen LogP contribution in [0.25, 0.3) is 10.6 Å². The van der Waals surface area contributed by atoms with E-state index in [1.165, 1.54) is 11.3 Å². The molecule has 1 fully saturated rings. The van der Waals surface area contributed by atoms with Crippen LogP contribution < -0.4 is 5.32 Å².